The number of hydrogen-bond donors (Lipinski definition) is 0. The van der Waals surface area contributed by atoms with Crippen LogP contribution in [0.25, 0.3) is 0 Å². The van der Waals surface area contributed by atoms with Crippen LogP contribution in [0.3, 0.4) is 0 Å². The number of halogens is 5. The maximum absolute atomic E-state index is 12.7. The molecule has 1 aliphatic rings. The lowest BCUT2D eigenvalue weighted by Gasteiger charge is -2.18. The van der Waals surface area contributed by atoms with Crippen molar-refractivity contribution in [2.45, 2.75) is 17.4 Å². The molecule has 1 aromatic rings. The van der Waals surface area contributed by atoms with Crippen molar-refractivity contribution in [1.29, 1.82) is 0 Å². The van der Waals surface area contributed by atoms with Gasteiger partial charge in [0.25, 0.3) is 0 Å². The number of hydrogen-bond acceptors (Lipinski definition) is 1. The Labute approximate surface area is 115 Å². The molecular weight excluding hydrogens is 334 g/mol. The van der Waals surface area contributed by atoms with Gasteiger partial charge >= 0.3 is 6.18 Å². The minimum atomic E-state index is -4.52. The summed E-state index contributed by atoms with van der Waals surface area (Å²) in [6, 6.07) is 3.49. The molecule has 2 rings (SSSR count). The third-order valence-electron chi connectivity index (χ3n) is 2.64. The molecule has 0 bridgehead atoms. The van der Waals surface area contributed by atoms with Gasteiger partial charge in [0, 0.05) is 23.5 Å². The Morgan fingerprint density at radius 3 is 2.56 bits per heavy atom. The zero-order valence-electron chi connectivity index (χ0n) is 8.97. The number of rotatable bonds is 1. The minimum absolute atomic E-state index is 0.0324. The van der Waals surface area contributed by atoms with E-state index >= 15 is 0 Å². The van der Waals surface area contributed by atoms with Gasteiger partial charge in [-0.1, -0.05) is 27.5 Å². The molecule has 1 unspecified atom stereocenters. The normalized spacial score (nSPS) is 20.6. The van der Waals surface area contributed by atoms with Crippen LogP contribution in [-0.4, -0.2) is 17.3 Å². The van der Waals surface area contributed by atoms with Crippen LogP contribution in [0, 0.1) is 0 Å². The fourth-order valence-electron chi connectivity index (χ4n) is 1.81. The van der Waals surface area contributed by atoms with Crippen molar-refractivity contribution in [2.75, 3.05) is 11.4 Å². The van der Waals surface area contributed by atoms with Gasteiger partial charge in [0.15, 0.2) is 0 Å². The summed E-state index contributed by atoms with van der Waals surface area (Å²) in [4.78, 5) is 12.9. The van der Waals surface area contributed by atoms with Crippen molar-refractivity contribution < 1.29 is 18.0 Å². The average molecular weight is 343 g/mol. The van der Waals surface area contributed by atoms with E-state index in [0.29, 0.717) is 6.54 Å². The second kappa shape index (κ2) is 4.74. The van der Waals surface area contributed by atoms with E-state index in [1.807, 2.05) is 0 Å². The van der Waals surface area contributed by atoms with Crippen molar-refractivity contribution >= 4 is 39.1 Å². The molecule has 1 saturated heterocycles. The number of benzene rings is 1. The van der Waals surface area contributed by atoms with E-state index in [1.54, 1.807) is 0 Å². The molecule has 1 heterocycles. The molecule has 7 heteroatoms. The highest BCUT2D eigenvalue weighted by Gasteiger charge is 2.35. The molecule has 0 aromatic heterocycles. The third kappa shape index (κ3) is 2.64. The van der Waals surface area contributed by atoms with Crippen molar-refractivity contribution in [2.24, 2.45) is 0 Å². The highest BCUT2D eigenvalue weighted by molar-refractivity contribution is 9.09. The van der Waals surface area contributed by atoms with Crippen LogP contribution >= 0.6 is 27.5 Å². The van der Waals surface area contributed by atoms with Crippen molar-refractivity contribution in [1.82, 2.24) is 0 Å². The van der Waals surface area contributed by atoms with Gasteiger partial charge < -0.3 is 4.90 Å². The van der Waals surface area contributed by atoms with Gasteiger partial charge in [-0.2, -0.15) is 13.2 Å². The van der Waals surface area contributed by atoms with E-state index < -0.39 is 11.7 Å². The lowest BCUT2D eigenvalue weighted by atomic mass is 10.2. The Balaban J connectivity index is 2.39. The maximum atomic E-state index is 12.7. The predicted octanol–water partition coefficient (Wildman–Crippen LogP) is 3.86. The van der Waals surface area contributed by atoms with Crippen LogP contribution in [0.15, 0.2) is 18.2 Å². The fraction of sp³-hybridized carbons (Fsp3) is 0.364. The van der Waals surface area contributed by atoms with E-state index in [2.05, 4.69) is 15.9 Å². The van der Waals surface area contributed by atoms with Crippen LogP contribution in [0.5, 0.6) is 0 Å². The largest absolute Gasteiger partial charge is 0.417 e. The Hall–Kier alpha value is -0.750. The monoisotopic (exact) mass is 341 g/mol. The van der Waals surface area contributed by atoms with Crippen molar-refractivity contribution in [3.05, 3.63) is 28.8 Å². The first-order valence-corrected chi connectivity index (χ1v) is 6.39. The molecule has 0 N–H and O–H groups in total. The molecule has 98 valence electrons. The van der Waals surface area contributed by atoms with E-state index in [1.165, 1.54) is 11.0 Å². The Morgan fingerprint density at radius 2 is 2.06 bits per heavy atom. The summed E-state index contributed by atoms with van der Waals surface area (Å²) in [7, 11) is 0. The van der Waals surface area contributed by atoms with E-state index in [-0.39, 0.29) is 27.9 Å². The van der Waals surface area contributed by atoms with Gasteiger partial charge in [0.05, 0.1) is 10.6 Å². The molecule has 0 saturated carbocycles. The summed E-state index contributed by atoms with van der Waals surface area (Å²) in [6.45, 7) is 0.359. The minimum Gasteiger partial charge on any atom is -0.311 e. The van der Waals surface area contributed by atoms with Crippen LogP contribution in [-0.2, 0) is 11.0 Å². The number of amides is 1. The van der Waals surface area contributed by atoms with Crippen LogP contribution in [0.1, 0.15) is 12.0 Å². The second-order valence-electron chi connectivity index (χ2n) is 3.97. The smallest absolute Gasteiger partial charge is 0.311 e. The van der Waals surface area contributed by atoms with Crippen LogP contribution in [0.4, 0.5) is 18.9 Å². The highest BCUT2D eigenvalue weighted by Crippen LogP contribution is 2.37. The van der Waals surface area contributed by atoms with Crippen molar-refractivity contribution in [3.8, 4) is 0 Å². The summed E-state index contributed by atoms with van der Waals surface area (Å²) in [6.07, 6.45) is -4.24. The Bertz CT molecular complexity index is 492. The molecule has 1 atom stereocenters. The number of carbonyl (C=O) groups excluding carboxylic acids is 1. The third-order valence-corrected chi connectivity index (χ3v) is 3.59. The zero-order valence-corrected chi connectivity index (χ0v) is 11.3. The number of carbonyl (C=O) groups is 1. The molecule has 18 heavy (non-hydrogen) atoms. The second-order valence-corrected chi connectivity index (χ2v) is 5.67. The first-order valence-electron chi connectivity index (χ1n) is 5.10. The topological polar surface area (TPSA) is 20.3 Å². The van der Waals surface area contributed by atoms with Gasteiger partial charge in [-0.15, -0.1) is 0 Å². The van der Waals surface area contributed by atoms with Crippen LogP contribution < -0.4 is 4.90 Å². The lowest BCUT2D eigenvalue weighted by molar-refractivity contribution is -0.137. The lowest BCUT2D eigenvalue weighted by Crippen LogP contribution is -2.25. The molecule has 1 aliphatic heterocycles. The number of nitrogens with zero attached hydrogens (tertiary/aromatic N) is 1. The first-order chi connectivity index (χ1) is 8.29. The summed E-state index contributed by atoms with van der Waals surface area (Å²) in [5.74, 6) is -0.202. The molecule has 2 nitrogen and oxygen atoms in total. The molecule has 1 fully saturated rings. The molecule has 0 radical (unpaired) electrons. The maximum Gasteiger partial charge on any atom is 0.417 e. The number of anilines is 1. The van der Waals surface area contributed by atoms with Gasteiger partial charge in [-0.05, 0) is 18.2 Å². The van der Waals surface area contributed by atoms with Crippen LogP contribution in [0.2, 0.25) is 5.02 Å². The fourth-order valence-corrected chi connectivity index (χ4v) is 2.60. The molecule has 1 amide bonds. The van der Waals surface area contributed by atoms with E-state index in [9.17, 15) is 18.0 Å². The van der Waals surface area contributed by atoms with Crippen molar-refractivity contribution in [3.63, 3.8) is 0 Å². The Kier molecular flexibility index (Phi) is 3.60. The SMILES string of the molecule is O=C1CC(Br)CN1c1ccc(Cl)c(C(F)(F)F)c1. The standard InChI is InChI=1S/C11H8BrClF3NO/c12-6-3-10(18)17(5-6)7-1-2-9(13)8(4-7)11(14,15)16/h1-2,4,6H,3,5H2. The molecular formula is C11H8BrClF3NO. The summed E-state index contributed by atoms with van der Waals surface area (Å²) in [5.41, 5.74) is -0.703. The molecule has 1 aromatic carbocycles. The molecule has 0 aliphatic carbocycles. The van der Waals surface area contributed by atoms with Gasteiger partial charge in [0.1, 0.15) is 0 Å². The summed E-state index contributed by atoms with van der Waals surface area (Å²) < 4.78 is 38.1. The van der Waals surface area contributed by atoms with Gasteiger partial charge in [0.2, 0.25) is 5.91 Å². The summed E-state index contributed by atoms with van der Waals surface area (Å²) >= 11 is 8.80. The predicted molar refractivity (Wildman–Crippen MR) is 66.1 cm³/mol. The zero-order chi connectivity index (χ0) is 13.5. The Morgan fingerprint density at radius 1 is 1.39 bits per heavy atom. The van der Waals surface area contributed by atoms with E-state index in [0.717, 1.165) is 12.1 Å². The quantitative estimate of drug-likeness (QED) is 0.710. The average Bonchev–Trinajstić information content (AvgIpc) is 2.57. The summed E-state index contributed by atoms with van der Waals surface area (Å²) in [5, 5.41) is -0.367. The molecule has 0 spiro atoms. The van der Waals surface area contributed by atoms with Gasteiger partial charge in [-0.25, -0.2) is 0 Å². The number of alkyl halides is 4. The van der Waals surface area contributed by atoms with E-state index in [4.69, 9.17) is 11.6 Å². The first kappa shape index (κ1) is 13.7. The highest BCUT2D eigenvalue weighted by atomic mass is 79.9. The van der Waals surface area contributed by atoms with Gasteiger partial charge in [-0.3, -0.25) is 4.79 Å².